The van der Waals surface area contributed by atoms with Crippen molar-refractivity contribution in [1.29, 1.82) is 0 Å². The lowest BCUT2D eigenvalue weighted by Crippen LogP contribution is -2.41. The molecule has 2 aliphatic rings. The van der Waals surface area contributed by atoms with E-state index < -0.39 is 23.0 Å². The van der Waals surface area contributed by atoms with Gasteiger partial charge in [-0.3, -0.25) is 14.5 Å². The van der Waals surface area contributed by atoms with E-state index in [1.165, 1.54) is 29.2 Å². The maximum atomic E-state index is 13.6. The summed E-state index contributed by atoms with van der Waals surface area (Å²) in [5.41, 5.74) is 14.5. The van der Waals surface area contributed by atoms with Gasteiger partial charge in [-0.1, -0.05) is 12.1 Å². The van der Waals surface area contributed by atoms with Gasteiger partial charge < -0.3 is 21.9 Å². The molecule has 0 saturated heterocycles. The molecule has 0 bridgehead atoms. The maximum Gasteiger partial charge on any atom is 0.247 e. The van der Waals surface area contributed by atoms with Gasteiger partial charge in [-0.2, -0.15) is 0 Å². The second kappa shape index (κ2) is 9.24. The van der Waals surface area contributed by atoms with Crippen molar-refractivity contribution in [1.82, 2.24) is 5.32 Å². The lowest BCUT2D eigenvalue weighted by Gasteiger charge is -2.27. The lowest BCUT2D eigenvalue weighted by molar-refractivity contribution is -0.133. The number of primary amides is 1. The maximum absolute atomic E-state index is 13.6. The van der Waals surface area contributed by atoms with Gasteiger partial charge in [0.1, 0.15) is 17.0 Å². The van der Waals surface area contributed by atoms with E-state index in [0.29, 0.717) is 48.7 Å². The van der Waals surface area contributed by atoms with Gasteiger partial charge in [0.15, 0.2) is 5.96 Å². The summed E-state index contributed by atoms with van der Waals surface area (Å²) >= 11 is 0. The fourth-order valence-corrected chi connectivity index (χ4v) is 4.82. The van der Waals surface area contributed by atoms with Gasteiger partial charge >= 0.3 is 0 Å². The Morgan fingerprint density at radius 2 is 1.78 bits per heavy atom. The third-order valence-corrected chi connectivity index (χ3v) is 7.10. The Kier molecular flexibility index (Phi) is 6.07. The number of rotatable bonds is 6. The number of nitrogens with zero attached hydrogens (tertiary/aromatic N) is 2. The third kappa shape index (κ3) is 4.48. The average Bonchev–Trinajstić information content (AvgIpc) is 3.68. The number of carbonyl (C=O) groups is 2. The molecule has 2 amide bonds. The Morgan fingerprint density at radius 1 is 1.08 bits per heavy atom. The molecule has 1 unspecified atom stereocenters. The van der Waals surface area contributed by atoms with Crippen LogP contribution in [-0.2, 0) is 9.59 Å². The topological polar surface area (TPSA) is 134 Å². The number of carbonyl (C=O) groups excluding carboxylic acids is 2. The first-order valence-corrected chi connectivity index (χ1v) is 12.1. The monoisotopic (exact) mass is 501 g/mol. The lowest BCUT2D eigenvalue weighted by atomic mass is 9.94. The van der Waals surface area contributed by atoms with Gasteiger partial charge in [0.2, 0.25) is 11.8 Å². The van der Waals surface area contributed by atoms with E-state index in [2.05, 4.69) is 10.3 Å². The van der Waals surface area contributed by atoms with Crippen LogP contribution in [0.25, 0.3) is 11.1 Å². The van der Waals surface area contributed by atoms with E-state index in [1.54, 1.807) is 12.1 Å². The third-order valence-electron chi connectivity index (χ3n) is 7.10. The van der Waals surface area contributed by atoms with Crippen molar-refractivity contribution >= 4 is 29.1 Å². The van der Waals surface area contributed by atoms with Crippen LogP contribution in [0.1, 0.15) is 36.4 Å². The van der Waals surface area contributed by atoms with Crippen LogP contribution in [0.3, 0.4) is 0 Å². The molecule has 8 nitrogen and oxygen atoms in total. The first-order chi connectivity index (χ1) is 17.7. The molecule has 37 heavy (non-hydrogen) atoms. The molecule has 1 saturated carbocycles. The molecule has 0 radical (unpaired) electrons. The van der Waals surface area contributed by atoms with Gasteiger partial charge in [0.25, 0.3) is 0 Å². The summed E-state index contributed by atoms with van der Waals surface area (Å²) in [6.45, 7) is 2.58. The zero-order valence-electron chi connectivity index (χ0n) is 20.4. The minimum atomic E-state index is -1.25. The van der Waals surface area contributed by atoms with Gasteiger partial charge in [-0.15, -0.1) is 0 Å². The smallest absolute Gasteiger partial charge is 0.247 e. The zero-order valence-corrected chi connectivity index (χ0v) is 20.4. The predicted octanol–water partition coefficient (Wildman–Crippen LogP) is 3.79. The number of phenols is 1. The highest BCUT2D eigenvalue weighted by atomic mass is 19.1. The van der Waals surface area contributed by atoms with Crippen LogP contribution in [0.15, 0.2) is 65.7 Å². The summed E-state index contributed by atoms with van der Waals surface area (Å²) < 4.78 is 13.6. The van der Waals surface area contributed by atoms with E-state index in [0.717, 1.165) is 16.7 Å². The number of aliphatic imine (C=N–C) groups is 1. The number of hydrogen-bond donors (Lipinski definition) is 4. The van der Waals surface area contributed by atoms with Crippen LogP contribution < -0.4 is 21.7 Å². The van der Waals surface area contributed by atoms with Crippen LogP contribution in [0.4, 0.5) is 15.8 Å². The largest absolute Gasteiger partial charge is 0.508 e. The van der Waals surface area contributed by atoms with Gasteiger partial charge in [-0.25, -0.2) is 9.38 Å². The van der Waals surface area contributed by atoms with E-state index in [-0.39, 0.29) is 11.8 Å². The SMILES string of the molecule is Cc1cc(N(C(=O)C2(C(N)=O)CC2)c2ccc(F)cc2)ccc1-c1ccc(O)c(C2CCNC(N)=N2)c1. The molecule has 6 N–H and O–H groups in total. The molecule has 5 rings (SSSR count). The quantitative estimate of drug-likeness (QED) is 0.381. The van der Waals surface area contributed by atoms with E-state index in [1.807, 2.05) is 31.2 Å². The van der Waals surface area contributed by atoms with Gasteiger partial charge in [-0.05, 0) is 91.4 Å². The Bertz CT molecular complexity index is 1420. The number of phenolic OH excluding ortho intramolecular Hbond substituents is 1. The summed E-state index contributed by atoms with van der Waals surface area (Å²) in [4.78, 5) is 31.6. The molecule has 3 aromatic rings. The van der Waals surface area contributed by atoms with E-state index in [4.69, 9.17) is 11.5 Å². The Morgan fingerprint density at radius 3 is 2.41 bits per heavy atom. The Hall–Kier alpha value is -4.40. The number of guanidine groups is 1. The van der Waals surface area contributed by atoms with E-state index >= 15 is 0 Å². The fraction of sp³-hybridized carbons (Fsp3) is 0.250. The number of aromatic hydroxyl groups is 1. The summed E-state index contributed by atoms with van der Waals surface area (Å²) in [7, 11) is 0. The minimum Gasteiger partial charge on any atom is -0.508 e. The molecule has 9 heteroatoms. The molecule has 1 heterocycles. The number of anilines is 2. The zero-order chi connectivity index (χ0) is 26.3. The van der Waals surface area contributed by atoms with E-state index in [9.17, 15) is 19.1 Å². The Balaban J connectivity index is 1.54. The number of nitrogens with one attached hydrogen (secondary N) is 1. The predicted molar refractivity (Wildman–Crippen MR) is 140 cm³/mol. The molecular formula is C28H28FN5O3. The number of halogens is 1. The van der Waals surface area contributed by atoms with Crippen molar-refractivity contribution in [3.8, 4) is 16.9 Å². The summed E-state index contributed by atoms with van der Waals surface area (Å²) in [5.74, 6) is -1.02. The summed E-state index contributed by atoms with van der Waals surface area (Å²) in [6, 6.07) is 16.2. The molecule has 190 valence electrons. The first-order valence-electron chi connectivity index (χ1n) is 12.1. The second-order valence-electron chi connectivity index (χ2n) is 9.58. The number of aryl methyl sites for hydroxylation is 1. The van der Waals surface area contributed by atoms with Crippen molar-refractivity contribution in [3.63, 3.8) is 0 Å². The number of hydrogen-bond acceptors (Lipinski definition) is 6. The molecule has 0 spiro atoms. The molecule has 3 aromatic carbocycles. The average molecular weight is 502 g/mol. The van der Waals surface area contributed by atoms with Crippen LogP contribution in [0.5, 0.6) is 5.75 Å². The highest BCUT2D eigenvalue weighted by molar-refractivity contribution is 6.16. The van der Waals surface area contributed by atoms with Crippen molar-refractivity contribution in [2.75, 3.05) is 11.4 Å². The van der Waals surface area contributed by atoms with Crippen molar-refractivity contribution in [3.05, 3.63) is 77.6 Å². The molecule has 1 atom stereocenters. The second-order valence-corrected chi connectivity index (χ2v) is 9.58. The first kappa shape index (κ1) is 24.3. The summed E-state index contributed by atoms with van der Waals surface area (Å²) in [5, 5.41) is 13.5. The Labute approximate surface area is 213 Å². The fourth-order valence-electron chi connectivity index (χ4n) is 4.82. The van der Waals surface area contributed by atoms with Crippen molar-refractivity contribution in [2.24, 2.45) is 21.9 Å². The summed E-state index contributed by atoms with van der Waals surface area (Å²) in [6.07, 6.45) is 1.47. The molecule has 1 aliphatic carbocycles. The van der Waals surface area contributed by atoms with Crippen LogP contribution in [-0.4, -0.2) is 29.4 Å². The molecule has 0 aromatic heterocycles. The number of benzene rings is 3. The highest BCUT2D eigenvalue weighted by Gasteiger charge is 2.57. The van der Waals surface area contributed by atoms with Crippen LogP contribution in [0, 0.1) is 18.2 Å². The van der Waals surface area contributed by atoms with Crippen LogP contribution in [0.2, 0.25) is 0 Å². The minimum absolute atomic E-state index is 0.149. The molecule has 1 fully saturated rings. The highest BCUT2D eigenvalue weighted by Crippen LogP contribution is 2.49. The van der Waals surface area contributed by atoms with Crippen molar-refractivity contribution in [2.45, 2.75) is 32.2 Å². The normalized spacial score (nSPS) is 17.9. The van der Waals surface area contributed by atoms with Gasteiger partial charge in [0, 0.05) is 23.5 Å². The standard InChI is InChI=1S/C28H28FN5O3/c1-16-14-20(34(19-5-3-18(29)4-6-19)26(37)28(11-12-28)25(30)36)7-8-21(16)17-2-9-24(35)22(15-17)23-10-13-32-27(31)33-23/h2-9,14-15,23,35H,10-13H2,1H3,(H2,30,36)(H3,31,32,33). The number of nitrogens with two attached hydrogens (primary N) is 2. The molecule has 1 aliphatic heterocycles. The molecular weight excluding hydrogens is 473 g/mol. The van der Waals surface area contributed by atoms with Crippen LogP contribution >= 0.6 is 0 Å². The van der Waals surface area contributed by atoms with Gasteiger partial charge in [0.05, 0.1) is 6.04 Å². The van der Waals surface area contributed by atoms with Crippen molar-refractivity contribution < 1.29 is 19.1 Å². The number of amides is 2.